The normalized spacial score (nSPS) is 18.5. The Morgan fingerprint density at radius 1 is 1.07 bits per heavy atom. The molecular formula is C30H32F3N3O6S. The number of aliphatic imine (C=N–C) groups is 1. The summed E-state index contributed by atoms with van der Waals surface area (Å²) in [4.78, 5) is 18.3. The molecule has 3 aromatic rings. The van der Waals surface area contributed by atoms with Crippen LogP contribution in [0.2, 0.25) is 0 Å². The van der Waals surface area contributed by atoms with Gasteiger partial charge < -0.3 is 14.6 Å². The van der Waals surface area contributed by atoms with Crippen molar-refractivity contribution in [1.29, 1.82) is 0 Å². The number of aliphatic hydroxyl groups excluding tert-OH is 1. The number of ether oxygens (including phenoxy) is 2. The Morgan fingerprint density at radius 3 is 2.47 bits per heavy atom. The van der Waals surface area contributed by atoms with Gasteiger partial charge in [-0.2, -0.15) is 13.2 Å². The number of benzene rings is 3. The third-order valence-electron chi connectivity index (χ3n) is 6.93. The molecule has 0 bridgehead atoms. The molecule has 0 saturated carbocycles. The highest BCUT2D eigenvalue weighted by Gasteiger charge is 2.50. The molecular weight excluding hydrogens is 587 g/mol. The number of nitrogens with one attached hydrogen (secondary N) is 2. The summed E-state index contributed by atoms with van der Waals surface area (Å²) < 4.78 is 77.1. The number of hydrogen-bond donors (Lipinski definition) is 3. The number of hydrazine groups is 1. The van der Waals surface area contributed by atoms with Crippen LogP contribution < -0.4 is 15.6 Å². The first-order valence-electron chi connectivity index (χ1n) is 13.5. The molecule has 2 atom stereocenters. The van der Waals surface area contributed by atoms with E-state index in [1.807, 2.05) is 0 Å². The number of carbonyl (C=O) groups is 1. The zero-order chi connectivity index (χ0) is 31.1. The lowest BCUT2D eigenvalue weighted by atomic mass is 9.90. The van der Waals surface area contributed by atoms with Crippen LogP contribution in [-0.4, -0.2) is 55.9 Å². The lowest BCUT2D eigenvalue weighted by Crippen LogP contribution is -2.55. The average molecular weight is 620 g/mol. The fraction of sp³-hybridized carbons (Fsp3) is 0.333. The highest BCUT2D eigenvalue weighted by Crippen LogP contribution is 2.34. The molecule has 0 aromatic heterocycles. The van der Waals surface area contributed by atoms with Gasteiger partial charge >= 0.3 is 6.18 Å². The Kier molecular flexibility index (Phi) is 10.1. The summed E-state index contributed by atoms with van der Waals surface area (Å²) >= 11 is 0. The molecule has 0 radical (unpaired) electrons. The Hall–Kier alpha value is -3.94. The minimum atomic E-state index is -4.51. The number of nitrogens with zero attached hydrogens (tertiary/aromatic N) is 1. The van der Waals surface area contributed by atoms with E-state index in [-0.39, 0.29) is 35.9 Å². The molecule has 3 N–H and O–H groups in total. The summed E-state index contributed by atoms with van der Waals surface area (Å²) in [6.07, 6.45) is -5.15. The molecule has 0 fully saturated rings. The molecule has 0 saturated heterocycles. The van der Waals surface area contributed by atoms with Crippen LogP contribution in [0.1, 0.15) is 36.5 Å². The molecule has 1 aliphatic rings. The first-order valence-corrected chi connectivity index (χ1v) is 15.2. The topological polar surface area (TPSA) is 126 Å². The van der Waals surface area contributed by atoms with E-state index in [1.165, 1.54) is 24.3 Å². The van der Waals surface area contributed by atoms with Crippen molar-refractivity contribution in [2.75, 3.05) is 19.0 Å². The Bertz CT molecular complexity index is 1530. The van der Waals surface area contributed by atoms with E-state index in [4.69, 9.17) is 14.6 Å². The number of sulfone groups is 1. The largest absolute Gasteiger partial charge is 0.494 e. The first kappa shape index (κ1) is 32.0. The zero-order valence-electron chi connectivity index (χ0n) is 23.3. The van der Waals surface area contributed by atoms with E-state index in [1.54, 1.807) is 49.4 Å². The number of hydrogen-bond acceptors (Lipinski definition) is 8. The van der Waals surface area contributed by atoms with Gasteiger partial charge in [-0.15, -0.1) is 0 Å². The Balaban J connectivity index is 1.56. The Labute approximate surface area is 247 Å². The van der Waals surface area contributed by atoms with Crippen molar-refractivity contribution in [3.63, 3.8) is 0 Å². The van der Waals surface area contributed by atoms with Crippen LogP contribution in [0.25, 0.3) is 0 Å². The second-order valence-corrected chi connectivity index (χ2v) is 12.0. The third-order valence-corrected chi connectivity index (χ3v) is 8.66. The van der Waals surface area contributed by atoms with E-state index >= 15 is 0 Å². The zero-order valence-corrected chi connectivity index (χ0v) is 24.1. The molecule has 0 unspecified atom stereocenters. The van der Waals surface area contributed by atoms with Gasteiger partial charge in [0.1, 0.15) is 11.9 Å². The van der Waals surface area contributed by atoms with Crippen molar-refractivity contribution in [2.45, 2.75) is 49.0 Å². The summed E-state index contributed by atoms with van der Waals surface area (Å²) in [6.45, 7) is 1.80. The molecule has 1 heterocycles. The van der Waals surface area contributed by atoms with Gasteiger partial charge in [-0.1, -0.05) is 36.4 Å². The van der Waals surface area contributed by atoms with E-state index in [0.29, 0.717) is 24.3 Å². The molecule has 4 rings (SSSR count). The predicted octanol–water partition coefficient (Wildman–Crippen LogP) is 4.06. The van der Waals surface area contributed by atoms with Crippen LogP contribution in [0.4, 0.5) is 13.2 Å². The summed E-state index contributed by atoms with van der Waals surface area (Å²) in [5.41, 5.74) is 3.45. The van der Waals surface area contributed by atoms with E-state index in [9.17, 15) is 26.4 Å². The van der Waals surface area contributed by atoms with Gasteiger partial charge in [-0.3, -0.25) is 10.2 Å². The quantitative estimate of drug-likeness (QED) is 0.195. The minimum Gasteiger partial charge on any atom is -0.494 e. The number of amides is 1. The van der Waals surface area contributed by atoms with Gasteiger partial charge in [0.2, 0.25) is 5.90 Å². The van der Waals surface area contributed by atoms with Crippen LogP contribution in [0.3, 0.4) is 0 Å². The van der Waals surface area contributed by atoms with Crippen LogP contribution in [-0.2, 0) is 32.1 Å². The average Bonchev–Trinajstić information content (AvgIpc) is 3.34. The van der Waals surface area contributed by atoms with Gasteiger partial charge in [0.15, 0.2) is 15.4 Å². The lowest BCUT2D eigenvalue weighted by molar-refractivity contribution is -0.137. The highest BCUT2D eigenvalue weighted by molar-refractivity contribution is 7.91. The van der Waals surface area contributed by atoms with Crippen molar-refractivity contribution in [3.05, 3.63) is 95.6 Å². The van der Waals surface area contributed by atoms with Crippen LogP contribution in [0.5, 0.6) is 5.75 Å². The molecule has 43 heavy (non-hydrogen) atoms. The molecule has 3 aromatic carbocycles. The summed E-state index contributed by atoms with van der Waals surface area (Å²) in [5, 5.41) is 8.93. The predicted molar refractivity (Wildman–Crippen MR) is 153 cm³/mol. The number of halogens is 3. The van der Waals surface area contributed by atoms with Gasteiger partial charge in [0.25, 0.3) is 5.91 Å². The number of carbonyl (C=O) groups excluding carboxylic acids is 1. The van der Waals surface area contributed by atoms with Crippen molar-refractivity contribution in [2.24, 2.45) is 4.99 Å². The van der Waals surface area contributed by atoms with Gasteiger partial charge in [-0.25, -0.2) is 18.8 Å². The van der Waals surface area contributed by atoms with E-state index < -0.39 is 44.9 Å². The van der Waals surface area contributed by atoms with Gasteiger partial charge in [0.05, 0.1) is 22.8 Å². The number of alkyl halides is 3. The Morgan fingerprint density at radius 2 is 1.79 bits per heavy atom. The third kappa shape index (κ3) is 7.92. The number of aliphatic hydroxyl groups is 1. The molecule has 9 nitrogen and oxygen atoms in total. The van der Waals surface area contributed by atoms with Crippen LogP contribution in [0.15, 0.2) is 88.8 Å². The van der Waals surface area contributed by atoms with Crippen LogP contribution >= 0.6 is 0 Å². The van der Waals surface area contributed by atoms with E-state index in [2.05, 4.69) is 15.8 Å². The lowest BCUT2D eigenvalue weighted by Gasteiger charge is -2.28. The van der Waals surface area contributed by atoms with Crippen molar-refractivity contribution in [1.82, 2.24) is 10.9 Å². The maximum absolute atomic E-state index is 13.6. The maximum Gasteiger partial charge on any atom is 0.416 e. The standard InChI is InChI=1S/C30H32F3N3O6S/c1-21-29(15-18-43(39,40)26-9-3-2-4-10-26,28(38)36-34-20-22-7-5-8-24(19-22)30(31,32)33)35-27(42-21)23-11-13-25(14-12-23)41-17-6-16-37/h2-5,7-14,19,21,34,37H,6,15-18,20H2,1H3,(H,36,38)/t21-,29-/m0/s1. The fourth-order valence-electron chi connectivity index (χ4n) is 4.48. The van der Waals surface area contributed by atoms with Crippen LogP contribution in [0, 0.1) is 0 Å². The second-order valence-electron chi connectivity index (χ2n) is 9.94. The summed E-state index contributed by atoms with van der Waals surface area (Å²) in [6, 6.07) is 19.2. The minimum absolute atomic E-state index is 0.000439. The molecule has 1 aliphatic heterocycles. The highest BCUT2D eigenvalue weighted by atomic mass is 32.2. The maximum atomic E-state index is 13.6. The van der Waals surface area contributed by atoms with Crippen molar-refractivity contribution < 1.29 is 41.0 Å². The summed E-state index contributed by atoms with van der Waals surface area (Å²) in [5.74, 6) is -0.436. The molecule has 0 aliphatic carbocycles. The smallest absolute Gasteiger partial charge is 0.416 e. The van der Waals surface area contributed by atoms with Crippen molar-refractivity contribution in [3.8, 4) is 5.75 Å². The van der Waals surface area contributed by atoms with Gasteiger partial charge in [-0.05, 0) is 61.4 Å². The molecule has 0 spiro atoms. The molecule has 230 valence electrons. The molecule has 1 amide bonds. The second kappa shape index (κ2) is 13.6. The SMILES string of the molecule is C[C@@H]1OC(c2ccc(OCCCO)cc2)=N[C@]1(CCS(=O)(=O)c1ccccc1)C(=O)NNCc1cccc(C(F)(F)F)c1. The monoisotopic (exact) mass is 619 g/mol. The number of rotatable bonds is 13. The van der Waals surface area contributed by atoms with E-state index in [0.717, 1.165) is 12.1 Å². The van der Waals surface area contributed by atoms with Crippen molar-refractivity contribution >= 4 is 21.6 Å². The van der Waals surface area contributed by atoms with Gasteiger partial charge in [0, 0.05) is 25.1 Å². The molecule has 13 heteroatoms. The first-order chi connectivity index (χ1) is 20.4. The fourth-order valence-corrected chi connectivity index (χ4v) is 5.87. The summed E-state index contributed by atoms with van der Waals surface area (Å²) in [7, 11) is -3.79.